The lowest BCUT2D eigenvalue weighted by Gasteiger charge is -2.37. The molecule has 0 aromatic heterocycles. The Labute approximate surface area is 163 Å². The highest BCUT2D eigenvalue weighted by Gasteiger charge is 2.66. The molecule has 144 valence electrons. The molecule has 5 rings (SSSR count). The first kappa shape index (κ1) is 17.4. The number of fused-ring (bicyclic) bond motifs is 4. The molecule has 3 aliphatic rings. The van der Waals surface area contributed by atoms with Crippen molar-refractivity contribution in [2.24, 2.45) is 5.92 Å². The summed E-state index contributed by atoms with van der Waals surface area (Å²) >= 11 is 0. The lowest BCUT2D eigenvalue weighted by Crippen LogP contribution is -2.55. The van der Waals surface area contributed by atoms with Crippen LogP contribution in [0, 0.1) is 11.7 Å². The van der Waals surface area contributed by atoms with Crippen molar-refractivity contribution in [3.05, 3.63) is 59.9 Å². The van der Waals surface area contributed by atoms with Crippen molar-refractivity contribution in [3.63, 3.8) is 0 Å². The smallest absolute Gasteiger partial charge is 0.252 e. The molecule has 2 saturated heterocycles. The molecule has 2 fully saturated rings. The number of halogens is 1. The lowest BCUT2D eigenvalue weighted by atomic mass is 9.78. The van der Waals surface area contributed by atoms with Crippen LogP contribution in [0.2, 0.25) is 0 Å². The van der Waals surface area contributed by atoms with Gasteiger partial charge in [-0.2, -0.15) is 0 Å². The normalized spacial score (nSPS) is 28.6. The SMILES string of the molecule is CN1C(=O)C2(c3ccccc31)C(C(=O)Nc1ccccc1F)CC1CCCN12. The van der Waals surface area contributed by atoms with Crippen molar-refractivity contribution in [3.8, 4) is 0 Å². The maximum atomic E-state index is 14.1. The van der Waals surface area contributed by atoms with Crippen LogP contribution in [0.3, 0.4) is 0 Å². The van der Waals surface area contributed by atoms with E-state index in [1.165, 1.54) is 6.07 Å². The predicted octanol–water partition coefficient (Wildman–Crippen LogP) is 3.12. The van der Waals surface area contributed by atoms with Gasteiger partial charge in [0.2, 0.25) is 5.91 Å². The molecular weight excluding hydrogens is 357 g/mol. The summed E-state index contributed by atoms with van der Waals surface area (Å²) in [5.74, 6) is -1.39. The highest BCUT2D eigenvalue weighted by Crippen LogP contribution is 2.56. The third kappa shape index (κ3) is 2.15. The van der Waals surface area contributed by atoms with Crippen LogP contribution in [0.1, 0.15) is 24.8 Å². The second-order valence-corrected chi connectivity index (χ2v) is 7.89. The molecular formula is C22H22FN3O2. The second-order valence-electron chi connectivity index (χ2n) is 7.89. The average Bonchev–Trinajstić information content (AvgIpc) is 3.34. The number of nitrogens with zero attached hydrogens (tertiary/aromatic N) is 2. The second kappa shape index (κ2) is 6.14. The van der Waals surface area contributed by atoms with E-state index in [0.717, 1.165) is 30.6 Å². The molecule has 1 spiro atoms. The topological polar surface area (TPSA) is 52.7 Å². The van der Waals surface area contributed by atoms with Gasteiger partial charge in [-0.05, 0) is 44.0 Å². The van der Waals surface area contributed by atoms with Gasteiger partial charge in [0.1, 0.15) is 11.4 Å². The number of anilines is 2. The summed E-state index contributed by atoms with van der Waals surface area (Å²) in [5, 5.41) is 2.75. The summed E-state index contributed by atoms with van der Waals surface area (Å²) in [7, 11) is 1.77. The number of amides is 2. The third-order valence-corrected chi connectivity index (χ3v) is 6.60. The van der Waals surface area contributed by atoms with Gasteiger partial charge in [0.25, 0.3) is 5.91 Å². The minimum absolute atomic E-state index is 0.0632. The van der Waals surface area contributed by atoms with Crippen molar-refractivity contribution >= 4 is 23.2 Å². The molecule has 0 aliphatic carbocycles. The van der Waals surface area contributed by atoms with Crippen molar-refractivity contribution in [2.45, 2.75) is 30.8 Å². The summed E-state index contributed by atoms with van der Waals surface area (Å²) in [6.07, 6.45) is 2.60. The zero-order chi connectivity index (χ0) is 19.5. The Morgan fingerprint density at radius 1 is 1.18 bits per heavy atom. The molecule has 0 radical (unpaired) electrons. The fraction of sp³-hybridized carbons (Fsp3) is 0.364. The van der Waals surface area contributed by atoms with Gasteiger partial charge in [-0.3, -0.25) is 14.5 Å². The van der Waals surface area contributed by atoms with Crippen LogP contribution in [0.25, 0.3) is 0 Å². The third-order valence-electron chi connectivity index (χ3n) is 6.60. The molecule has 1 N–H and O–H groups in total. The van der Waals surface area contributed by atoms with Crippen LogP contribution >= 0.6 is 0 Å². The number of carbonyl (C=O) groups excluding carboxylic acids is 2. The molecule has 5 nitrogen and oxygen atoms in total. The molecule has 2 amide bonds. The standard InChI is InChI=1S/C22H22FN3O2/c1-25-19-11-5-2-8-15(19)22(21(25)28)16(13-14-7-6-12-26(14)22)20(27)24-18-10-4-3-9-17(18)23/h2-5,8-11,14,16H,6-7,12-13H2,1H3,(H,24,27). The minimum Gasteiger partial charge on any atom is -0.323 e. The Hall–Kier alpha value is -2.73. The number of nitrogens with one attached hydrogen (secondary N) is 1. The molecule has 2 aromatic carbocycles. The molecule has 3 unspecified atom stereocenters. The fourth-order valence-corrected chi connectivity index (χ4v) is 5.45. The van der Waals surface area contributed by atoms with Crippen LogP contribution in [0.5, 0.6) is 0 Å². The van der Waals surface area contributed by atoms with E-state index in [-0.39, 0.29) is 23.5 Å². The van der Waals surface area contributed by atoms with Gasteiger partial charge in [-0.1, -0.05) is 30.3 Å². The molecule has 6 heteroatoms. The zero-order valence-corrected chi connectivity index (χ0v) is 15.7. The van der Waals surface area contributed by atoms with E-state index < -0.39 is 17.3 Å². The zero-order valence-electron chi connectivity index (χ0n) is 15.7. The van der Waals surface area contributed by atoms with E-state index in [0.29, 0.717) is 6.42 Å². The monoisotopic (exact) mass is 379 g/mol. The summed E-state index contributed by atoms with van der Waals surface area (Å²) in [6.45, 7) is 0.794. The van der Waals surface area contributed by atoms with Gasteiger partial charge in [0, 0.05) is 24.3 Å². The Kier molecular flexibility index (Phi) is 3.81. The number of benzene rings is 2. The molecule has 0 saturated carbocycles. The first-order valence-electron chi connectivity index (χ1n) is 9.75. The van der Waals surface area contributed by atoms with Crippen LogP contribution in [-0.4, -0.2) is 36.3 Å². The molecule has 3 aliphatic heterocycles. The minimum atomic E-state index is -0.998. The number of carbonyl (C=O) groups is 2. The molecule has 2 aromatic rings. The first-order chi connectivity index (χ1) is 13.5. The van der Waals surface area contributed by atoms with Crippen molar-refractivity contribution in [1.82, 2.24) is 4.90 Å². The van der Waals surface area contributed by atoms with Crippen molar-refractivity contribution in [2.75, 3.05) is 23.8 Å². The predicted molar refractivity (Wildman–Crippen MR) is 104 cm³/mol. The van der Waals surface area contributed by atoms with Crippen LogP contribution in [0.4, 0.5) is 15.8 Å². The molecule has 0 bridgehead atoms. The Balaban J connectivity index is 1.61. The van der Waals surface area contributed by atoms with Gasteiger partial charge in [-0.15, -0.1) is 0 Å². The highest BCUT2D eigenvalue weighted by molar-refractivity contribution is 6.11. The summed E-state index contributed by atoms with van der Waals surface area (Å²) in [6, 6.07) is 14.1. The number of hydrogen-bond acceptors (Lipinski definition) is 3. The number of rotatable bonds is 2. The molecule has 3 atom stereocenters. The van der Waals surface area contributed by atoms with E-state index >= 15 is 0 Å². The number of hydrogen-bond donors (Lipinski definition) is 1. The van der Waals surface area contributed by atoms with Crippen LogP contribution in [0.15, 0.2) is 48.5 Å². The van der Waals surface area contributed by atoms with E-state index in [9.17, 15) is 14.0 Å². The van der Waals surface area contributed by atoms with E-state index in [2.05, 4.69) is 10.2 Å². The van der Waals surface area contributed by atoms with E-state index in [1.807, 2.05) is 24.3 Å². The number of likely N-dealkylation sites (N-methyl/N-ethyl adjacent to an activating group) is 1. The lowest BCUT2D eigenvalue weighted by molar-refractivity contribution is -0.136. The Morgan fingerprint density at radius 2 is 1.93 bits per heavy atom. The Morgan fingerprint density at radius 3 is 2.75 bits per heavy atom. The van der Waals surface area contributed by atoms with Gasteiger partial charge in [-0.25, -0.2) is 4.39 Å². The summed E-state index contributed by atoms with van der Waals surface area (Å²) < 4.78 is 14.1. The Bertz CT molecular complexity index is 978. The molecule has 3 heterocycles. The van der Waals surface area contributed by atoms with Gasteiger partial charge in [0.15, 0.2) is 0 Å². The quantitative estimate of drug-likeness (QED) is 0.872. The van der Waals surface area contributed by atoms with E-state index in [4.69, 9.17) is 0 Å². The summed E-state index contributed by atoms with van der Waals surface area (Å²) in [5.41, 5.74) is 0.896. The maximum Gasteiger partial charge on any atom is 0.252 e. The largest absolute Gasteiger partial charge is 0.323 e. The molecule has 28 heavy (non-hydrogen) atoms. The van der Waals surface area contributed by atoms with Crippen molar-refractivity contribution < 1.29 is 14.0 Å². The van der Waals surface area contributed by atoms with E-state index in [1.54, 1.807) is 30.1 Å². The van der Waals surface area contributed by atoms with Gasteiger partial charge < -0.3 is 10.2 Å². The van der Waals surface area contributed by atoms with Crippen LogP contribution in [-0.2, 0) is 15.1 Å². The fourth-order valence-electron chi connectivity index (χ4n) is 5.45. The highest BCUT2D eigenvalue weighted by atomic mass is 19.1. The maximum absolute atomic E-state index is 14.1. The van der Waals surface area contributed by atoms with Gasteiger partial charge in [0.05, 0.1) is 11.6 Å². The number of para-hydroxylation sites is 2. The summed E-state index contributed by atoms with van der Waals surface area (Å²) in [4.78, 5) is 30.8. The van der Waals surface area contributed by atoms with Crippen LogP contribution < -0.4 is 10.2 Å². The van der Waals surface area contributed by atoms with Crippen molar-refractivity contribution in [1.29, 1.82) is 0 Å². The first-order valence-corrected chi connectivity index (χ1v) is 9.75. The average molecular weight is 379 g/mol. The van der Waals surface area contributed by atoms with Gasteiger partial charge >= 0.3 is 0 Å².